The SMILES string of the molecule is C=C1CC(=O)c2ccccc21. The van der Waals surface area contributed by atoms with Gasteiger partial charge in [-0.3, -0.25) is 4.79 Å². The zero-order chi connectivity index (χ0) is 7.84. The van der Waals surface area contributed by atoms with Crippen molar-refractivity contribution in [2.45, 2.75) is 6.42 Å². The van der Waals surface area contributed by atoms with Crippen molar-refractivity contribution in [2.75, 3.05) is 0 Å². The Kier molecular flexibility index (Phi) is 1.19. The van der Waals surface area contributed by atoms with Gasteiger partial charge in [-0.15, -0.1) is 0 Å². The van der Waals surface area contributed by atoms with Crippen molar-refractivity contribution in [3.05, 3.63) is 42.0 Å². The van der Waals surface area contributed by atoms with Crippen LogP contribution in [0, 0.1) is 0 Å². The van der Waals surface area contributed by atoms with E-state index in [0.29, 0.717) is 6.42 Å². The van der Waals surface area contributed by atoms with E-state index in [2.05, 4.69) is 6.58 Å². The predicted molar refractivity (Wildman–Crippen MR) is 44.4 cm³/mol. The highest BCUT2D eigenvalue weighted by Crippen LogP contribution is 2.29. The van der Waals surface area contributed by atoms with Gasteiger partial charge in [0.15, 0.2) is 5.78 Å². The van der Waals surface area contributed by atoms with Crippen molar-refractivity contribution in [1.29, 1.82) is 0 Å². The zero-order valence-corrected chi connectivity index (χ0v) is 6.13. The Labute approximate surface area is 65.4 Å². The predicted octanol–water partition coefficient (Wildman–Crippen LogP) is 2.29. The van der Waals surface area contributed by atoms with Crippen LogP contribution in [0.3, 0.4) is 0 Å². The second kappa shape index (κ2) is 2.06. The summed E-state index contributed by atoms with van der Waals surface area (Å²) in [6.07, 6.45) is 0.499. The molecule has 1 aromatic rings. The molecule has 0 N–H and O–H groups in total. The van der Waals surface area contributed by atoms with Crippen LogP contribution in [0.1, 0.15) is 22.3 Å². The quantitative estimate of drug-likeness (QED) is 0.546. The first-order chi connectivity index (χ1) is 5.29. The van der Waals surface area contributed by atoms with Crippen molar-refractivity contribution in [3.63, 3.8) is 0 Å². The van der Waals surface area contributed by atoms with E-state index in [0.717, 1.165) is 16.7 Å². The number of fused-ring (bicyclic) bond motifs is 1. The molecular formula is C10H8O. The van der Waals surface area contributed by atoms with Crippen molar-refractivity contribution in [3.8, 4) is 0 Å². The number of allylic oxidation sites excluding steroid dienone is 1. The molecule has 0 saturated heterocycles. The summed E-state index contributed by atoms with van der Waals surface area (Å²) in [4.78, 5) is 11.2. The summed E-state index contributed by atoms with van der Waals surface area (Å²) in [6, 6.07) is 7.62. The Balaban J connectivity index is 2.69. The van der Waals surface area contributed by atoms with Gasteiger partial charge in [-0.2, -0.15) is 0 Å². The molecule has 0 amide bonds. The molecule has 0 atom stereocenters. The summed E-state index contributed by atoms with van der Waals surface area (Å²) >= 11 is 0. The summed E-state index contributed by atoms with van der Waals surface area (Å²) in [5, 5.41) is 0. The lowest BCUT2D eigenvalue weighted by molar-refractivity contribution is 0.100. The molecule has 0 fully saturated rings. The minimum Gasteiger partial charge on any atom is -0.294 e. The first-order valence-corrected chi connectivity index (χ1v) is 3.59. The molecule has 1 aromatic carbocycles. The Morgan fingerprint density at radius 2 is 1.82 bits per heavy atom. The van der Waals surface area contributed by atoms with Gasteiger partial charge in [0.2, 0.25) is 0 Å². The van der Waals surface area contributed by atoms with Crippen LogP contribution < -0.4 is 0 Å². The van der Waals surface area contributed by atoms with Gasteiger partial charge in [0.1, 0.15) is 0 Å². The van der Waals surface area contributed by atoms with E-state index in [1.54, 1.807) is 0 Å². The van der Waals surface area contributed by atoms with Crippen LogP contribution in [-0.4, -0.2) is 5.78 Å². The summed E-state index contributed by atoms with van der Waals surface area (Å²) in [5.41, 5.74) is 2.81. The fraction of sp³-hybridized carbons (Fsp3) is 0.100. The van der Waals surface area contributed by atoms with Crippen LogP contribution in [0.4, 0.5) is 0 Å². The largest absolute Gasteiger partial charge is 0.294 e. The molecule has 0 heterocycles. The molecule has 2 rings (SSSR count). The van der Waals surface area contributed by atoms with Crippen molar-refractivity contribution in [1.82, 2.24) is 0 Å². The van der Waals surface area contributed by atoms with E-state index in [9.17, 15) is 4.79 Å². The summed E-state index contributed by atoms with van der Waals surface area (Å²) in [6.45, 7) is 3.83. The fourth-order valence-corrected chi connectivity index (χ4v) is 1.42. The van der Waals surface area contributed by atoms with Crippen molar-refractivity contribution >= 4 is 11.4 Å². The van der Waals surface area contributed by atoms with Gasteiger partial charge in [0.25, 0.3) is 0 Å². The lowest BCUT2D eigenvalue weighted by Gasteiger charge is -1.94. The van der Waals surface area contributed by atoms with Crippen LogP contribution in [-0.2, 0) is 0 Å². The number of ketones is 1. The maximum absolute atomic E-state index is 11.2. The highest BCUT2D eigenvalue weighted by Gasteiger charge is 2.21. The Bertz CT molecular complexity index is 303. The second-order valence-corrected chi connectivity index (χ2v) is 2.75. The lowest BCUT2D eigenvalue weighted by Crippen LogP contribution is -1.88. The molecule has 1 aliphatic carbocycles. The third-order valence-corrected chi connectivity index (χ3v) is 1.98. The topological polar surface area (TPSA) is 17.1 Å². The molecule has 0 spiro atoms. The molecule has 1 nitrogen and oxygen atoms in total. The standard InChI is InChI=1S/C10H8O/c1-7-6-10(11)9-5-3-2-4-8(7)9/h2-5H,1,6H2. The van der Waals surface area contributed by atoms with Crippen LogP contribution >= 0.6 is 0 Å². The number of hydrogen-bond donors (Lipinski definition) is 0. The van der Waals surface area contributed by atoms with Crippen LogP contribution in [0.2, 0.25) is 0 Å². The monoisotopic (exact) mass is 144 g/mol. The summed E-state index contributed by atoms with van der Waals surface area (Å²) in [5.74, 6) is 0.200. The third kappa shape index (κ3) is 0.811. The average Bonchev–Trinajstić information content (AvgIpc) is 2.30. The molecule has 1 aliphatic rings. The van der Waals surface area contributed by atoms with Gasteiger partial charge >= 0.3 is 0 Å². The van der Waals surface area contributed by atoms with Gasteiger partial charge in [-0.05, 0) is 11.1 Å². The summed E-state index contributed by atoms with van der Waals surface area (Å²) < 4.78 is 0. The maximum atomic E-state index is 11.2. The number of carbonyl (C=O) groups excluding carboxylic acids is 1. The highest BCUT2D eigenvalue weighted by molar-refractivity contribution is 6.11. The fourth-order valence-electron chi connectivity index (χ4n) is 1.42. The Morgan fingerprint density at radius 1 is 1.18 bits per heavy atom. The van der Waals surface area contributed by atoms with Crippen molar-refractivity contribution < 1.29 is 4.79 Å². The normalized spacial score (nSPS) is 15.3. The molecule has 11 heavy (non-hydrogen) atoms. The maximum Gasteiger partial charge on any atom is 0.167 e. The zero-order valence-electron chi connectivity index (χ0n) is 6.13. The van der Waals surface area contributed by atoms with Gasteiger partial charge < -0.3 is 0 Å². The molecule has 0 saturated carbocycles. The molecule has 0 radical (unpaired) electrons. The van der Waals surface area contributed by atoms with Crippen LogP contribution in [0.5, 0.6) is 0 Å². The van der Waals surface area contributed by atoms with Crippen LogP contribution in [0.25, 0.3) is 5.57 Å². The van der Waals surface area contributed by atoms with E-state index < -0.39 is 0 Å². The number of rotatable bonds is 0. The van der Waals surface area contributed by atoms with Gasteiger partial charge in [-0.25, -0.2) is 0 Å². The number of benzene rings is 1. The number of Topliss-reactive ketones (excluding diaryl/α,β-unsaturated/α-hetero) is 1. The van der Waals surface area contributed by atoms with E-state index in [1.807, 2.05) is 24.3 Å². The van der Waals surface area contributed by atoms with E-state index in [1.165, 1.54) is 0 Å². The van der Waals surface area contributed by atoms with Gasteiger partial charge in [0.05, 0.1) is 0 Å². The van der Waals surface area contributed by atoms with E-state index in [4.69, 9.17) is 0 Å². The average molecular weight is 144 g/mol. The molecule has 0 aliphatic heterocycles. The van der Waals surface area contributed by atoms with Gasteiger partial charge in [0, 0.05) is 12.0 Å². The third-order valence-electron chi connectivity index (χ3n) is 1.98. The lowest BCUT2D eigenvalue weighted by atomic mass is 10.1. The minimum absolute atomic E-state index is 0.200. The van der Waals surface area contributed by atoms with E-state index in [-0.39, 0.29) is 5.78 Å². The first kappa shape index (κ1) is 6.35. The molecular weight excluding hydrogens is 136 g/mol. The molecule has 0 bridgehead atoms. The minimum atomic E-state index is 0.200. The Hall–Kier alpha value is -1.37. The molecule has 54 valence electrons. The number of hydrogen-bond acceptors (Lipinski definition) is 1. The number of carbonyl (C=O) groups is 1. The summed E-state index contributed by atoms with van der Waals surface area (Å²) in [7, 11) is 0. The molecule has 0 unspecified atom stereocenters. The highest BCUT2D eigenvalue weighted by atomic mass is 16.1. The van der Waals surface area contributed by atoms with Crippen molar-refractivity contribution in [2.24, 2.45) is 0 Å². The smallest absolute Gasteiger partial charge is 0.167 e. The molecule has 0 aromatic heterocycles. The second-order valence-electron chi connectivity index (χ2n) is 2.75. The van der Waals surface area contributed by atoms with E-state index >= 15 is 0 Å². The van der Waals surface area contributed by atoms with Gasteiger partial charge in [-0.1, -0.05) is 30.8 Å². The molecule has 1 heteroatoms. The van der Waals surface area contributed by atoms with Crippen LogP contribution in [0.15, 0.2) is 30.8 Å². The first-order valence-electron chi connectivity index (χ1n) is 3.59. The Morgan fingerprint density at radius 3 is 2.45 bits per heavy atom.